The second-order valence-electron chi connectivity index (χ2n) is 1.87. The summed E-state index contributed by atoms with van der Waals surface area (Å²) < 4.78 is 1.26. The average molecular weight is 166 g/mol. The molecular formula is C4H6ClN2OS+. The molecule has 3 nitrogen and oxygen atoms in total. The van der Waals surface area contributed by atoms with Gasteiger partial charge in [-0.3, -0.25) is 0 Å². The molecule has 0 radical (unpaired) electrons. The van der Waals surface area contributed by atoms with Crippen LogP contribution in [0.4, 0.5) is 0 Å². The maximum Gasteiger partial charge on any atom is 0.339 e. The summed E-state index contributed by atoms with van der Waals surface area (Å²) in [6.45, 7) is 0.228. The lowest BCUT2D eigenvalue weighted by Gasteiger charge is -2.00. The van der Waals surface area contributed by atoms with Gasteiger partial charge in [0.15, 0.2) is 6.54 Å². The van der Waals surface area contributed by atoms with Crippen LogP contribution in [0.15, 0.2) is 0 Å². The number of nitrogens with one attached hydrogen (secondary N) is 1. The molecule has 0 spiro atoms. The molecule has 5 heteroatoms. The van der Waals surface area contributed by atoms with Crippen LogP contribution >= 0.6 is 24.0 Å². The van der Waals surface area contributed by atoms with Gasteiger partial charge in [-0.15, -0.1) is 0 Å². The molecule has 1 amide bonds. The van der Waals surface area contributed by atoms with Crippen LogP contribution < -0.4 is 4.90 Å². The predicted octanol–water partition coefficient (Wildman–Crippen LogP) is -1.22. The number of thiocarbonyl (C=S) groups is 1. The highest BCUT2D eigenvalue weighted by atomic mass is 35.5. The van der Waals surface area contributed by atoms with Crippen LogP contribution in [0, 0.1) is 0 Å². The summed E-state index contributed by atoms with van der Waals surface area (Å²) in [4.78, 5) is 11.3. The molecule has 1 aliphatic rings. The van der Waals surface area contributed by atoms with Gasteiger partial charge in [-0.25, -0.2) is 14.1 Å². The zero-order valence-corrected chi connectivity index (χ0v) is 6.42. The van der Waals surface area contributed by atoms with Gasteiger partial charge < -0.3 is 0 Å². The van der Waals surface area contributed by atoms with Crippen molar-refractivity contribution >= 4 is 35.0 Å². The van der Waals surface area contributed by atoms with E-state index in [0.717, 1.165) is 0 Å². The van der Waals surface area contributed by atoms with Gasteiger partial charge in [0.05, 0.1) is 7.05 Å². The third-order valence-corrected chi connectivity index (χ3v) is 2.16. The second kappa shape index (κ2) is 2.21. The van der Waals surface area contributed by atoms with Crippen LogP contribution in [0.3, 0.4) is 0 Å². The molecule has 0 saturated carbocycles. The molecule has 1 rings (SSSR count). The van der Waals surface area contributed by atoms with Crippen molar-refractivity contribution in [1.82, 2.24) is 4.42 Å². The highest BCUT2D eigenvalue weighted by molar-refractivity contribution is 7.80. The van der Waals surface area contributed by atoms with Crippen LogP contribution in [0.5, 0.6) is 0 Å². The number of quaternary nitrogens is 1. The van der Waals surface area contributed by atoms with Crippen molar-refractivity contribution in [2.45, 2.75) is 0 Å². The van der Waals surface area contributed by atoms with Crippen molar-refractivity contribution in [3.05, 3.63) is 0 Å². The number of likely N-dealkylation sites (N-methyl/N-ethyl adjacent to an activating group) is 1. The monoisotopic (exact) mass is 165 g/mol. The van der Waals surface area contributed by atoms with Gasteiger partial charge >= 0.3 is 5.91 Å². The topological polar surface area (TPSA) is 24.8 Å². The SMILES string of the molecule is C[NH+]1C(=O)CN(Cl)C1=S. The molecule has 50 valence electrons. The molecule has 1 fully saturated rings. The molecule has 1 unspecified atom stereocenters. The first kappa shape index (κ1) is 6.92. The first-order valence-corrected chi connectivity index (χ1v) is 3.22. The summed E-state index contributed by atoms with van der Waals surface area (Å²) >= 11 is 10.3. The fourth-order valence-electron chi connectivity index (χ4n) is 0.618. The Morgan fingerprint density at radius 3 is 2.56 bits per heavy atom. The number of rotatable bonds is 0. The fourth-order valence-corrected chi connectivity index (χ4v) is 1.03. The summed E-state index contributed by atoms with van der Waals surface area (Å²) in [7, 11) is 1.69. The smallest absolute Gasteiger partial charge is 0.228 e. The minimum absolute atomic E-state index is 0.0231. The number of hydrogen-bond donors (Lipinski definition) is 1. The number of amides is 1. The van der Waals surface area contributed by atoms with Gasteiger partial charge in [-0.1, -0.05) is 0 Å². The van der Waals surface area contributed by atoms with E-state index in [2.05, 4.69) is 0 Å². The minimum Gasteiger partial charge on any atom is -0.228 e. The molecular weight excluding hydrogens is 160 g/mol. The van der Waals surface area contributed by atoms with Gasteiger partial charge in [0.25, 0.3) is 5.11 Å². The summed E-state index contributed by atoms with van der Waals surface area (Å²) in [5.74, 6) is 0.0231. The molecule has 1 aliphatic heterocycles. The highest BCUT2D eigenvalue weighted by Gasteiger charge is 2.34. The molecule has 1 atom stereocenters. The Kier molecular flexibility index (Phi) is 1.70. The van der Waals surface area contributed by atoms with Crippen molar-refractivity contribution in [3.8, 4) is 0 Å². The van der Waals surface area contributed by atoms with E-state index in [-0.39, 0.29) is 12.5 Å². The predicted molar refractivity (Wildman–Crippen MR) is 37.1 cm³/mol. The van der Waals surface area contributed by atoms with Crippen LogP contribution in [-0.4, -0.2) is 29.0 Å². The van der Waals surface area contributed by atoms with E-state index in [9.17, 15) is 4.79 Å². The van der Waals surface area contributed by atoms with Crippen LogP contribution in [0.25, 0.3) is 0 Å². The number of nitrogens with zero attached hydrogens (tertiary/aromatic N) is 1. The lowest BCUT2D eigenvalue weighted by molar-refractivity contribution is -0.688. The Bertz CT molecular complexity index is 172. The van der Waals surface area contributed by atoms with Crippen LogP contribution in [0.2, 0.25) is 0 Å². The average Bonchev–Trinajstić information content (AvgIpc) is 1.98. The zero-order valence-electron chi connectivity index (χ0n) is 4.85. The standard InChI is InChI=1S/C4H5ClN2OS/c1-6-3(8)2-7(5)4(6)9/h2H2,1H3/p+1. The first-order valence-electron chi connectivity index (χ1n) is 2.47. The van der Waals surface area contributed by atoms with Crippen molar-refractivity contribution in [1.29, 1.82) is 0 Å². The molecule has 0 aliphatic carbocycles. The zero-order chi connectivity index (χ0) is 7.02. The summed E-state index contributed by atoms with van der Waals surface area (Å²) in [6, 6.07) is 0. The Hall–Kier alpha value is -0.190. The summed E-state index contributed by atoms with van der Waals surface area (Å²) in [5, 5.41) is 0.460. The first-order chi connectivity index (χ1) is 4.13. The molecule has 0 bridgehead atoms. The lowest BCUT2D eigenvalue weighted by Crippen LogP contribution is -3.12. The third-order valence-electron chi connectivity index (χ3n) is 1.24. The minimum atomic E-state index is 0.0231. The maximum atomic E-state index is 10.7. The van der Waals surface area contributed by atoms with E-state index in [1.807, 2.05) is 0 Å². The second-order valence-corrected chi connectivity index (χ2v) is 2.67. The molecule has 9 heavy (non-hydrogen) atoms. The molecule has 0 aromatic rings. The van der Waals surface area contributed by atoms with Gasteiger partial charge in [0.2, 0.25) is 0 Å². The van der Waals surface area contributed by atoms with Gasteiger partial charge in [-0.05, 0) is 0 Å². The Morgan fingerprint density at radius 1 is 1.89 bits per heavy atom. The number of halogens is 1. The highest BCUT2D eigenvalue weighted by Crippen LogP contribution is 1.95. The molecule has 0 aromatic heterocycles. The van der Waals surface area contributed by atoms with E-state index >= 15 is 0 Å². The normalized spacial score (nSPS) is 27.8. The van der Waals surface area contributed by atoms with Gasteiger partial charge in [-0.2, -0.15) is 0 Å². The van der Waals surface area contributed by atoms with Crippen LogP contribution in [-0.2, 0) is 4.79 Å². The van der Waals surface area contributed by atoms with Crippen molar-refractivity contribution in [2.24, 2.45) is 0 Å². The fraction of sp³-hybridized carbons (Fsp3) is 0.500. The molecule has 1 saturated heterocycles. The summed E-state index contributed by atoms with van der Waals surface area (Å²) in [6.07, 6.45) is 0. The van der Waals surface area contributed by atoms with Gasteiger partial charge in [0.1, 0.15) is 0 Å². The van der Waals surface area contributed by atoms with E-state index in [4.69, 9.17) is 24.0 Å². The Labute approximate surface area is 63.3 Å². The number of carbonyl (C=O) groups excluding carboxylic acids is 1. The number of carbonyl (C=O) groups is 1. The molecule has 1 N–H and O–H groups in total. The lowest BCUT2D eigenvalue weighted by atomic mass is 10.6. The molecule has 1 heterocycles. The molecule has 0 aromatic carbocycles. The van der Waals surface area contributed by atoms with E-state index in [1.165, 1.54) is 4.42 Å². The van der Waals surface area contributed by atoms with E-state index < -0.39 is 0 Å². The van der Waals surface area contributed by atoms with E-state index in [1.54, 1.807) is 7.05 Å². The quantitative estimate of drug-likeness (QED) is 0.360. The third kappa shape index (κ3) is 1.05. The largest absolute Gasteiger partial charge is 0.339 e. The summed E-state index contributed by atoms with van der Waals surface area (Å²) in [5.41, 5.74) is 0. The van der Waals surface area contributed by atoms with Crippen molar-refractivity contribution in [3.63, 3.8) is 0 Å². The van der Waals surface area contributed by atoms with Crippen LogP contribution in [0.1, 0.15) is 0 Å². The van der Waals surface area contributed by atoms with E-state index in [0.29, 0.717) is 10.0 Å². The van der Waals surface area contributed by atoms with Crippen molar-refractivity contribution in [2.75, 3.05) is 13.6 Å². The Morgan fingerprint density at radius 2 is 2.44 bits per heavy atom. The Balaban J connectivity index is 2.77. The number of hydrogen-bond acceptors (Lipinski definition) is 2. The maximum absolute atomic E-state index is 10.7. The van der Waals surface area contributed by atoms with Crippen molar-refractivity contribution < 1.29 is 9.69 Å². The van der Waals surface area contributed by atoms with Gasteiger partial charge in [0, 0.05) is 24.0 Å².